The number of carbonyl (C=O) groups excluding carboxylic acids is 1. The lowest BCUT2D eigenvalue weighted by atomic mass is 10.2. The highest BCUT2D eigenvalue weighted by Crippen LogP contribution is 2.21. The summed E-state index contributed by atoms with van der Waals surface area (Å²) in [5.41, 5.74) is 0.910. The van der Waals surface area contributed by atoms with E-state index >= 15 is 0 Å². The van der Waals surface area contributed by atoms with Crippen molar-refractivity contribution >= 4 is 17.5 Å². The Labute approximate surface area is 122 Å². The summed E-state index contributed by atoms with van der Waals surface area (Å²) in [6.07, 6.45) is 0.975. The van der Waals surface area contributed by atoms with Crippen LogP contribution in [0.4, 0.5) is 0 Å². The van der Waals surface area contributed by atoms with Crippen LogP contribution in [-0.2, 0) is 11.3 Å². The van der Waals surface area contributed by atoms with Crippen LogP contribution >= 0.6 is 11.6 Å². The third-order valence-electron chi connectivity index (χ3n) is 2.83. The number of rotatable bonds is 5. The van der Waals surface area contributed by atoms with Gasteiger partial charge in [0.1, 0.15) is 11.5 Å². The minimum absolute atomic E-state index is 0.200. The zero-order valence-corrected chi connectivity index (χ0v) is 12.1. The molecule has 2 aromatic rings. The second-order valence-corrected chi connectivity index (χ2v) is 4.88. The van der Waals surface area contributed by atoms with E-state index in [4.69, 9.17) is 20.8 Å². The molecular formula is C15H16ClNO3. The van der Waals surface area contributed by atoms with Gasteiger partial charge in [-0.2, -0.15) is 0 Å². The summed E-state index contributed by atoms with van der Waals surface area (Å²) < 4.78 is 10.7. The number of hydrogen-bond acceptors (Lipinski definition) is 3. The van der Waals surface area contributed by atoms with E-state index in [9.17, 15) is 4.79 Å². The second-order valence-electron chi connectivity index (χ2n) is 4.47. The van der Waals surface area contributed by atoms with Crippen molar-refractivity contribution in [1.82, 2.24) is 5.32 Å². The van der Waals surface area contributed by atoms with Crippen molar-refractivity contribution in [1.29, 1.82) is 0 Å². The normalized spacial score (nSPS) is 11.9. The summed E-state index contributed by atoms with van der Waals surface area (Å²) in [5.74, 6) is 1.12. The second kappa shape index (κ2) is 6.48. The zero-order valence-electron chi connectivity index (χ0n) is 11.4. The highest BCUT2D eigenvalue weighted by atomic mass is 35.5. The Hall–Kier alpha value is -1.94. The first kappa shape index (κ1) is 14.5. The fourth-order valence-electron chi connectivity index (χ4n) is 1.68. The number of ether oxygens (including phenoxy) is 1. The van der Waals surface area contributed by atoms with Gasteiger partial charge in [0, 0.05) is 5.02 Å². The number of nitrogens with one attached hydrogen (secondary N) is 1. The molecule has 1 aromatic heterocycles. The summed E-state index contributed by atoms with van der Waals surface area (Å²) >= 11 is 5.94. The number of furan rings is 1. The summed E-state index contributed by atoms with van der Waals surface area (Å²) in [6, 6.07) is 8.87. The first-order valence-electron chi connectivity index (χ1n) is 6.29. The van der Waals surface area contributed by atoms with E-state index in [2.05, 4.69) is 5.32 Å². The molecule has 1 heterocycles. The molecule has 0 saturated heterocycles. The standard InChI is InChI=1S/C15H16ClNO3/c1-10-8-12(5-6-14(10)16)20-11(2)15(18)17-9-13-4-3-7-19-13/h3-8,11H,9H2,1-2H3,(H,17,18)/t11-/m1/s1. The predicted octanol–water partition coefficient (Wildman–Crippen LogP) is 3.33. The molecule has 0 aliphatic heterocycles. The van der Waals surface area contributed by atoms with Crippen molar-refractivity contribution < 1.29 is 13.9 Å². The summed E-state index contributed by atoms with van der Waals surface area (Å²) in [7, 11) is 0. The van der Waals surface area contributed by atoms with Crippen molar-refractivity contribution in [3.05, 3.63) is 52.9 Å². The molecule has 0 saturated carbocycles. The van der Waals surface area contributed by atoms with Crippen LogP contribution in [0.2, 0.25) is 5.02 Å². The van der Waals surface area contributed by atoms with Gasteiger partial charge >= 0.3 is 0 Å². The smallest absolute Gasteiger partial charge is 0.261 e. The number of aryl methyl sites for hydroxylation is 1. The Morgan fingerprint density at radius 2 is 2.25 bits per heavy atom. The molecule has 20 heavy (non-hydrogen) atoms. The fraction of sp³-hybridized carbons (Fsp3) is 0.267. The topological polar surface area (TPSA) is 51.5 Å². The molecule has 106 valence electrons. The minimum atomic E-state index is -0.592. The van der Waals surface area contributed by atoms with E-state index in [-0.39, 0.29) is 5.91 Å². The predicted molar refractivity (Wildman–Crippen MR) is 76.8 cm³/mol. The lowest BCUT2D eigenvalue weighted by Crippen LogP contribution is -2.35. The molecule has 4 nitrogen and oxygen atoms in total. The first-order chi connectivity index (χ1) is 9.56. The maximum Gasteiger partial charge on any atom is 0.261 e. The van der Waals surface area contributed by atoms with Gasteiger partial charge in [0.2, 0.25) is 0 Å². The number of halogens is 1. The highest BCUT2D eigenvalue weighted by Gasteiger charge is 2.15. The Balaban J connectivity index is 1.88. The summed E-state index contributed by atoms with van der Waals surface area (Å²) in [6.45, 7) is 3.93. The molecule has 0 unspecified atom stereocenters. The van der Waals surface area contributed by atoms with Crippen LogP contribution in [0.3, 0.4) is 0 Å². The summed E-state index contributed by atoms with van der Waals surface area (Å²) in [4.78, 5) is 11.9. The van der Waals surface area contributed by atoms with Gasteiger partial charge in [-0.05, 0) is 49.7 Å². The van der Waals surface area contributed by atoms with E-state index in [1.165, 1.54) is 0 Å². The van der Waals surface area contributed by atoms with Gasteiger partial charge in [-0.15, -0.1) is 0 Å². The van der Waals surface area contributed by atoms with E-state index in [0.717, 1.165) is 5.56 Å². The SMILES string of the molecule is Cc1cc(O[C@H](C)C(=O)NCc2ccco2)ccc1Cl. The number of benzene rings is 1. The molecule has 0 aliphatic rings. The van der Waals surface area contributed by atoms with Crippen LogP contribution in [0.5, 0.6) is 5.75 Å². The number of amides is 1. The van der Waals surface area contributed by atoms with E-state index < -0.39 is 6.10 Å². The highest BCUT2D eigenvalue weighted by molar-refractivity contribution is 6.31. The van der Waals surface area contributed by atoms with Gasteiger partial charge < -0.3 is 14.5 Å². The maximum atomic E-state index is 11.9. The Morgan fingerprint density at radius 1 is 1.45 bits per heavy atom. The first-order valence-corrected chi connectivity index (χ1v) is 6.67. The van der Waals surface area contributed by atoms with Gasteiger partial charge in [0.25, 0.3) is 5.91 Å². The van der Waals surface area contributed by atoms with Crippen LogP contribution in [0.1, 0.15) is 18.2 Å². The average molecular weight is 294 g/mol. The lowest BCUT2D eigenvalue weighted by molar-refractivity contribution is -0.127. The maximum absolute atomic E-state index is 11.9. The van der Waals surface area contributed by atoms with Crippen LogP contribution in [-0.4, -0.2) is 12.0 Å². The molecule has 0 fully saturated rings. The van der Waals surface area contributed by atoms with Crippen molar-refractivity contribution in [2.45, 2.75) is 26.5 Å². The molecule has 1 atom stereocenters. The monoisotopic (exact) mass is 293 g/mol. The van der Waals surface area contributed by atoms with Crippen molar-refractivity contribution in [3.63, 3.8) is 0 Å². The third kappa shape index (κ3) is 3.78. The van der Waals surface area contributed by atoms with Gasteiger partial charge in [-0.25, -0.2) is 0 Å². The molecule has 5 heteroatoms. The molecule has 1 aromatic carbocycles. The molecular weight excluding hydrogens is 278 g/mol. The van der Waals surface area contributed by atoms with Crippen LogP contribution in [0.15, 0.2) is 41.0 Å². The Morgan fingerprint density at radius 3 is 2.90 bits per heavy atom. The molecule has 1 N–H and O–H groups in total. The number of hydrogen-bond donors (Lipinski definition) is 1. The molecule has 0 aliphatic carbocycles. The van der Waals surface area contributed by atoms with E-state index in [1.807, 2.05) is 6.92 Å². The third-order valence-corrected chi connectivity index (χ3v) is 3.25. The largest absolute Gasteiger partial charge is 0.481 e. The van der Waals surface area contributed by atoms with Gasteiger partial charge in [0.15, 0.2) is 6.10 Å². The lowest BCUT2D eigenvalue weighted by Gasteiger charge is -2.15. The van der Waals surface area contributed by atoms with Gasteiger partial charge in [0.05, 0.1) is 12.8 Å². The quantitative estimate of drug-likeness (QED) is 0.920. The summed E-state index contributed by atoms with van der Waals surface area (Å²) in [5, 5.41) is 3.42. The Kier molecular flexibility index (Phi) is 4.69. The minimum Gasteiger partial charge on any atom is -0.481 e. The molecule has 0 spiro atoms. The molecule has 1 amide bonds. The zero-order chi connectivity index (χ0) is 14.5. The molecule has 0 radical (unpaired) electrons. The van der Waals surface area contributed by atoms with Crippen molar-refractivity contribution in [2.24, 2.45) is 0 Å². The van der Waals surface area contributed by atoms with Gasteiger partial charge in [-0.1, -0.05) is 11.6 Å². The molecule has 0 bridgehead atoms. The van der Waals surface area contributed by atoms with Gasteiger partial charge in [-0.3, -0.25) is 4.79 Å². The van der Waals surface area contributed by atoms with Crippen LogP contribution in [0.25, 0.3) is 0 Å². The van der Waals surface area contributed by atoms with E-state index in [1.54, 1.807) is 43.5 Å². The van der Waals surface area contributed by atoms with Crippen LogP contribution < -0.4 is 10.1 Å². The van der Waals surface area contributed by atoms with Crippen LogP contribution in [0, 0.1) is 6.92 Å². The Bertz CT molecular complexity index is 581. The van der Waals surface area contributed by atoms with E-state index in [0.29, 0.717) is 23.1 Å². The average Bonchev–Trinajstić information content (AvgIpc) is 2.93. The fourth-order valence-corrected chi connectivity index (χ4v) is 1.80. The number of carbonyl (C=O) groups is 1. The van der Waals surface area contributed by atoms with Crippen molar-refractivity contribution in [2.75, 3.05) is 0 Å². The molecule has 2 rings (SSSR count). The van der Waals surface area contributed by atoms with Crippen molar-refractivity contribution in [3.8, 4) is 5.75 Å².